The van der Waals surface area contributed by atoms with Crippen LogP contribution in [0.15, 0.2) is 29.7 Å². The summed E-state index contributed by atoms with van der Waals surface area (Å²) in [5.74, 6) is 0. The monoisotopic (exact) mass is 384 g/mol. The largest absolute Gasteiger partial charge is 0.313 e. The van der Waals surface area contributed by atoms with Crippen molar-refractivity contribution in [2.75, 3.05) is 13.1 Å². The summed E-state index contributed by atoms with van der Waals surface area (Å²) in [5, 5.41) is 5.12. The molecule has 25 heavy (non-hydrogen) atoms. The molecule has 0 amide bonds. The Labute approximate surface area is 155 Å². The Morgan fingerprint density at radius 3 is 2.44 bits per heavy atom. The SMILES string of the molecule is CC(C)S(=O)(=O)NCCCCCNCc1ccc(C2=CSNN2)cc1. The molecule has 0 saturated heterocycles. The van der Waals surface area contributed by atoms with E-state index in [2.05, 4.69) is 50.0 Å². The van der Waals surface area contributed by atoms with Crippen LogP contribution in [0.4, 0.5) is 0 Å². The van der Waals surface area contributed by atoms with Crippen LogP contribution in [0.3, 0.4) is 0 Å². The van der Waals surface area contributed by atoms with Gasteiger partial charge in [-0.25, -0.2) is 13.1 Å². The lowest BCUT2D eigenvalue weighted by Crippen LogP contribution is -2.31. The molecule has 0 unspecified atom stereocenters. The highest BCUT2D eigenvalue weighted by molar-refractivity contribution is 8.00. The van der Waals surface area contributed by atoms with Crippen LogP contribution in [0.1, 0.15) is 44.2 Å². The van der Waals surface area contributed by atoms with Crippen LogP contribution < -0.4 is 20.3 Å². The molecule has 0 aliphatic carbocycles. The summed E-state index contributed by atoms with van der Waals surface area (Å²) in [5.41, 5.74) is 6.62. The highest BCUT2D eigenvalue weighted by atomic mass is 32.2. The van der Waals surface area contributed by atoms with Crippen LogP contribution in [-0.2, 0) is 16.6 Å². The number of benzene rings is 1. The Kier molecular flexibility index (Phi) is 8.25. The normalized spacial score (nSPS) is 14.6. The number of rotatable bonds is 11. The molecule has 1 aromatic carbocycles. The van der Waals surface area contributed by atoms with Crippen molar-refractivity contribution in [3.63, 3.8) is 0 Å². The zero-order chi connectivity index (χ0) is 18.1. The molecule has 1 heterocycles. The second-order valence-corrected chi connectivity index (χ2v) is 9.30. The fraction of sp³-hybridized carbons (Fsp3) is 0.529. The van der Waals surface area contributed by atoms with Gasteiger partial charge in [-0.1, -0.05) is 30.7 Å². The third-order valence-corrected chi connectivity index (χ3v) is 6.39. The highest BCUT2D eigenvalue weighted by Gasteiger charge is 2.13. The van der Waals surface area contributed by atoms with Gasteiger partial charge in [-0.3, -0.25) is 0 Å². The quantitative estimate of drug-likeness (QED) is 0.346. The van der Waals surface area contributed by atoms with Gasteiger partial charge in [0.15, 0.2) is 0 Å². The maximum absolute atomic E-state index is 11.6. The molecule has 0 saturated carbocycles. The van der Waals surface area contributed by atoms with E-state index in [9.17, 15) is 8.42 Å². The maximum Gasteiger partial charge on any atom is 0.213 e. The average Bonchev–Trinajstić information content (AvgIpc) is 3.12. The van der Waals surface area contributed by atoms with Crippen LogP contribution in [-0.4, -0.2) is 26.8 Å². The van der Waals surface area contributed by atoms with Crippen LogP contribution in [0.25, 0.3) is 5.70 Å². The van der Waals surface area contributed by atoms with Crippen molar-refractivity contribution in [1.29, 1.82) is 0 Å². The molecule has 0 spiro atoms. The van der Waals surface area contributed by atoms with Crippen molar-refractivity contribution in [3.05, 3.63) is 40.8 Å². The number of hydrazine groups is 1. The topological polar surface area (TPSA) is 82.3 Å². The number of nitrogens with one attached hydrogen (secondary N) is 4. The van der Waals surface area contributed by atoms with Gasteiger partial charge in [-0.15, -0.1) is 0 Å². The summed E-state index contributed by atoms with van der Waals surface area (Å²) >= 11 is 1.54. The van der Waals surface area contributed by atoms with Crippen molar-refractivity contribution in [2.24, 2.45) is 0 Å². The molecule has 140 valence electrons. The van der Waals surface area contributed by atoms with Crippen LogP contribution in [0.5, 0.6) is 0 Å². The number of hydrogen-bond donors (Lipinski definition) is 4. The molecule has 6 nitrogen and oxygen atoms in total. The molecule has 0 aromatic heterocycles. The molecular formula is C17H28N4O2S2. The van der Waals surface area contributed by atoms with Gasteiger partial charge in [0.1, 0.15) is 0 Å². The first-order chi connectivity index (χ1) is 12.0. The van der Waals surface area contributed by atoms with E-state index in [1.165, 1.54) is 23.1 Å². The minimum Gasteiger partial charge on any atom is -0.313 e. The van der Waals surface area contributed by atoms with Gasteiger partial charge >= 0.3 is 0 Å². The van der Waals surface area contributed by atoms with Crippen LogP contribution in [0, 0.1) is 0 Å². The Morgan fingerprint density at radius 1 is 1.08 bits per heavy atom. The average molecular weight is 385 g/mol. The predicted molar refractivity (Wildman–Crippen MR) is 106 cm³/mol. The molecular weight excluding hydrogens is 356 g/mol. The molecule has 0 radical (unpaired) electrons. The molecule has 8 heteroatoms. The van der Waals surface area contributed by atoms with E-state index < -0.39 is 10.0 Å². The van der Waals surface area contributed by atoms with Crippen LogP contribution in [0.2, 0.25) is 0 Å². The van der Waals surface area contributed by atoms with E-state index in [4.69, 9.17) is 0 Å². The van der Waals surface area contributed by atoms with Gasteiger partial charge < -0.3 is 10.7 Å². The molecule has 2 rings (SSSR count). The van der Waals surface area contributed by atoms with Gasteiger partial charge in [-0.05, 0) is 56.3 Å². The van der Waals surface area contributed by atoms with Crippen LogP contribution >= 0.6 is 11.9 Å². The molecule has 0 bridgehead atoms. The third kappa shape index (κ3) is 6.99. The molecule has 4 N–H and O–H groups in total. The number of hydrogen-bond acceptors (Lipinski definition) is 6. The second-order valence-electron chi connectivity index (χ2n) is 6.30. The van der Waals surface area contributed by atoms with E-state index in [0.29, 0.717) is 6.54 Å². The van der Waals surface area contributed by atoms with E-state index in [1.807, 2.05) is 0 Å². The molecule has 1 aromatic rings. The zero-order valence-electron chi connectivity index (χ0n) is 14.8. The van der Waals surface area contributed by atoms with Crippen molar-refractivity contribution < 1.29 is 8.42 Å². The summed E-state index contributed by atoms with van der Waals surface area (Å²) in [6.07, 6.45) is 2.93. The Bertz CT molecular complexity index is 658. The van der Waals surface area contributed by atoms with E-state index in [0.717, 1.165) is 38.0 Å². The van der Waals surface area contributed by atoms with Gasteiger partial charge in [0, 0.05) is 18.5 Å². The third-order valence-electron chi connectivity index (χ3n) is 3.97. The Morgan fingerprint density at radius 2 is 1.80 bits per heavy atom. The molecule has 0 atom stereocenters. The standard InChI is InChI=1S/C17H28N4O2S2/c1-14(2)25(22,23)19-11-5-3-4-10-18-12-15-6-8-16(9-7-15)17-13-24-21-20-17/h6-9,13-14,18-21H,3-5,10-12H2,1-2H3. The summed E-state index contributed by atoms with van der Waals surface area (Å²) in [4.78, 5) is 2.99. The Balaban J connectivity index is 1.54. The van der Waals surface area contributed by atoms with Crippen molar-refractivity contribution in [1.82, 2.24) is 20.3 Å². The van der Waals surface area contributed by atoms with Crippen molar-refractivity contribution in [2.45, 2.75) is 44.9 Å². The minimum absolute atomic E-state index is 0.365. The van der Waals surface area contributed by atoms with Crippen molar-refractivity contribution >= 4 is 27.7 Å². The fourth-order valence-electron chi connectivity index (χ4n) is 2.31. The lowest BCUT2D eigenvalue weighted by atomic mass is 10.1. The molecule has 1 aliphatic heterocycles. The number of unbranched alkanes of at least 4 members (excludes halogenated alkanes) is 2. The van der Waals surface area contributed by atoms with E-state index in [-0.39, 0.29) is 5.25 Å². The van der Waals surface area contributed by atoms with Gasteiger partial charge in [-0.2, -0.15) is 4.83 Å². The highest BCUT2D eigenvalue weighted by Crippen LogP contribution is 2.19. The lowest BCUT2D eigenvalue weighted by Gasteiger charge is -2.09. The predicted octanol–water partition coefficient (Wildman–Crippen LogP) is 2.33. The molecule has 0 fully saturated rings. The Hall–Kier alpha value is -1.06. The van der Waals surface area contributed by atoms with Gasteiger partial charge in [0.05, 0.1) is 10.9 Å². The molecule has 1 aliphatic rings. The van der Waals surface area contributed by atoms with Gasteiger partial charge in [0.2, 0.25) is 10.0 Å². The minimum atomic E-state index is -3.12. The van der Waals surface area contributed by atoms with Crippen molar-refractivity contribution in [3.8, 4) is 0 Å². The first-order valence-electron chi connectivity index (χ1n) is 8.64. The first-order valence-corrected chi connectivity index (χ1v) is 11.1. The van der Waals surface area contributed by atoms with Gasteiger partial charge in [0.25, 0.3) is 0 Å². The maximum atomic E-state index is 11.6. The fourth-order valence-corrected chi connectivity index (χ4v) is 3.61. The summed E-state index contributed by atoms with van der Waals surface area (Å²) in [6.45, 7) is 5.69. The summed E-state index contributed by atoms with van der Waals surface area (Å²) < 4.78 is 25.8. The smallest absolute Gasteiger partial charge is 0.213 e. The zero-order valence-corrected chi connectivity index (χ0v) is 16.5. The summed E-state index contributed by atoms with van der Waals surface area (Å²) in [6, 6.07) is 8.50. The van der Waals surface area contributed by atoms with E-state index >= 15 is 0 Å². The van der Waals surface area contributed by atoms with E-state index in [1.54, 1.807) is 13.8 Å². The second kappa shape index (κ2) is 10.2. The lowest BCUT2D eigenvalue weighted by molar-refractivity contribution is 0.560. The summed E-state index contributed by atoms with van der Waals surface area (Å²) in [7, 11) is -3.12. The number of sulfonamides is 1. The first kappa shape index (κ1) is 20.3.